The Kier molecular flexibility index (Phi) is 5.59. The van der Waals surface area contributed by atoms with Crippen LogP contribution < -0.4 is 14.8 Å². The fraction of sp³-hybridized carbons (Fsp3) is 0.600. The summed E-state index contributed by atoms with van der Waals surface area (Å²) in [6, 6.07) is 2.06. The van der Waals surface area contributed by atoms with Gasteiger partial charge in [0.2, 0.25) is 11.8 Å². The highest BCUT2D eigenvalue weighted by Crippen LogP contribution is 2.29. The highest BCUT2D eigenvalue weighted by atomic mass is 16.5. The van der Waals surface area contributed by atoms with Crippen molar-refractivity contribution >= 4 is 0 Å². The van der Waals surface area contributed by atoms with E-state index < -0.39 is 0 Å². The Morgan fingerprint density at radius 1 is 1.30 bits per heavy atom. The zero-order chi connectivity index (χ0) is 18.6. The smallest absolute Gasteiger partial charge is 0.236 e. The maximum absolute atomic E-state index is 6.20. The van der Waals surface area contributed by atoms with Crippen LogP contribution in [0, 0.1) is 12.8 Å². The fourth-order valence-electron chi connectivity index (χ4n) is 3.89. The molecule has 146 valence electrons. The van der Waals surface area contributed by atoms with Gasteiger partial charge in [0.25, 0.3) is 0 Å². The molecular formula is C20H28N4O3. The average Bonchev–Trinajstić information content (AvgIpc) is 2.87. The average molecular weight is 372 g/mol. The highest BCUT2D eigenvalue weighted by Gasteiger charge is 2.24. The normalized spacial score (nSPS) is 20.0. The van der Waals surface area contributed by atoms with E-state index in [4.69, 9.17) is 19.3 Å². The number of ether oxygens (including phenoxy) is 3. The number of piperidine rings is 1. The molecule has 2 aliphatic rings. The number of rotatable bonds is 5. The maximum Gasteiger partial charge on any atom is 0.236 e. The first-order valence-corrected chi connectivity index (χ1v) is 9.79. The van der Waals surface area contributed by atoms with Crippen molar-refractivity contribution in [2.24, 2.45) is 5.92 Å². The van der Waals surface area contributed by atoms with Gasteiger partial charge in [0.05, 0.1) is 44.5 Å². The van der Waals surface area contributed by atoms with Gasteiger partial charge in [-0.2, -0.15) is 0 Å². The van der Waals surface area contributed by atoms with E-state index >= 15 is 0 Å². The highest BCUT2D eigenvalue weighted by molar-refractivity contribution is 5.43. The lowest BCUT2D eigenvalue weighted by Crippen LogP contribution is -2.33. The molecule has 0 unspecified atom stereocenters. The molecule has 0 radical (unpaired) electrons. The number of pyridine rings is 1. The maximum atomic E-state index is 6.20. The van der Waals surface area contributed by atoms with Crippen molar-refractivity contribution in [3.63, 3.8) is 0 Å². The van der Waals surface area contributed by atoms with Gasteiger partial charge in [-0.05, 0) is 32.4 Å². The van der Waals surface area contributed by atoms with Crippen molar-refractivity contribution in [1.29, 1.82) is 0 Å². The van der Waals surface area contributed by atoms with Crippen molar-refractivity contribution in [2.45, 2.75) is 32.6 Å². The first-order chi connectivity index (χ1) is 13.3. The number of fused-ring (bicyclic) bond motifs is 1. The number of hydrogen-bond donors (Lipinski definition) is 1. The lowest BCUT2D eigenvalue weighted by Gasteiger charge is -2.22. The zero-order valence-electron chi connectivity index (χ0n) is 16.2. The molecule has 2 aliphatic heterocycles. The van der Waals surface area contributed by atoms with Crippen LogP contribution in [0.3, 0.4) is 0 Å². The minimum atomic E-state index is 0.548. The minimum Gasteiger partial charge on any atom is -0.481 e. The second kappa shape index (κ2) is 8.27. The summed E-state index contributed by atoms with van der Waals surface area (Å²) in [4.78, 5) is 4.41. The molecule has 0 aliphatic carbocycles. The van der Waals surface area contributed by atoms with E-state index in [9.17, 15) is 0 Å². The first kappa shape index (κ1) is 18.3. The summed E-state index contributed by atoms with van der Waals surface area (Å²) in [5.74, 6) is 1.93. The molecule has 7 nitrogen and oxygen atoms in total. The first-order valence-electron chi connectivity index (χ1n) is 9.79. The Morgan fingerprint density at radius 3 is 2.96 bits per heavy atom. The van der Waals surface area contributed by atoms with Gasteiger partial charge in [-0.1, -0.05) is 0 Å². The van der Waals surface area contributed by atoms with Gasteiger partial charge in [0.15, 0.2) is 0 Å². The quantitative estimate of drug-likeness (QED) is 0.867. The molecule has 0 aromatic carbocycles. The lowest BCUT2D eigenvalue weighted by molar-refractivity contribution is 0.144. The fourth-order valence-corrected chi connectivity index (χ4v) is 3.89. The van der Waals surface area contributed by atoms with E-state index in [0.29, 0.717) is 31.6 Å². The molecule has 1 fully saturated rings. The van der Waals surface area contributed by atoms with Gasteiger partial charge in [0.1, 0.15) is 0 Å². The van der Waals surface area contributed by atoms with Crippen LogP contribution in [-0.4, -0.2) is 54.8 Å². The molecule has 2 aromatic rings. The third-order valence-corrected chi connectivity index (χ3v) is 5.34. The summed E-state index contributed by atoms with van der Waals surface area (Å²) in [6.45, 7) is 6.24. The van der Waals surface area contributed by atoms with Crippen LogP contribution in [-0.2, 0) is 17.6 Å². The molecule has 1 saturated heterocycles. The monoisotopic (exact) mass is 372 g/mol. The van der Waals surface area contributed by atoms with E-state index in [1.165, 1.54) is 18.4 Å². The Balaban J connectivity index is 1.63. The minimum absolute atomic E-state index is 0.548. The Hall–Kier alpha value is -2.12. The molecule has 0 amide bonds. The van der Waals surface area contributed by atoms with Crippen LogP contribution in [0.2, 0.25) is 0 Å². The van der Waals surface area contributed by atoms with E-state index in [2.05, 4.69) is 16.4 Å². The third kappa shape index (κ3) is 3.94. The van der Waals surface area contributed by atoms with Crippen LogP contribution in [0.1, 0.15) is 29.7 Å². The number of aromatic nitrogens is 3. The van der Waals surface area contributed by atoms with Crippen LogP contribution in [0.15, 0.2) is 12.3 Å². The summed E-state index contributed by atoms with van der Waals surface area (Å²) in [6.07, 6.45) is 5.88. The number of nitrogens with zero attached hydrogens (tertiary/aromatic N) is 3. The van der Waals surface area contributed by atoms with Crippen LogP contribution >= 0.6 is 0 Å². The van der Waals surface area contributed by atoms with E-state index in [1.54, 1.807) is 13.3 Å². The molecule has 4 rings (SSSR count). The van der Waals surface area contributed by atoms with Gasteiger partial charge in [-0.25, -0.2) is 9.67 Å². The van der Waals surface area contributed by atoms with Crippen LogP contribution in [0.4, 0.5) is 0 Å². The van der Waals surface area contributed by atoms with Gasteiger partial charge in [-0.3, -0.25) is 0 Å². The largest absolute Gasteiger partial charge is 0.481 e. The molecule has 1 atom stereocenters. The molecule has 0 spiro atoms. The number of hydrogen-bond acceptors (Lipinski definition) is 6. The molecule has 0 saturated carbocycles. The van der Waals surface area contributed by atoms with E-state index in [0.717, 1.165) is 48.8 Å². The predicted octanol–water partition coefficient (Wildman–Crippen LogP) is 2.08. The Morgan fingerprint density at radius 2 is 2.19 bits per heavy atom. The molecule has 0 bridgehead atoms. The van der Waals surface area contributed by atoms with E-state index in [1.807, 2.05) is 11.6 Å². The summed E-state index contributed by atoms with van der Waals surface area (Å²) < 4.78 is 19.2. The topological polar surface area (TPSA) is 70.4 Å². The third-order valence-electron chi connectivity index (χ3n) is 5.34. The molecule has 1 N–H and O–H groups in total. The van der Waals surface area contributed by atoms with Crippen molar-refractivity contribution in [2.75, 3.05) is 40.0 Å². The van der Waals surface area contributed by atoms with Crippen molar-refractivity contribution in [3.05, 3.63) is 29.1 Å². The molecule has 27 heavy (non-hydrogen) atoms. The van der Waals surface area contributed by atoms with Gasteiger partial charge >= 0.3 is 0 Å². The molecule has 7 heteroatoms. The van der Waals surface area contributed by atoms with Crippen LogP contribution in [0.25, 0.3) is 5.69 Å². The molecule has 4 heterocycles. The summed E-state index contributed by atoms with van der Waals surface area (Å²) >= 11 is 0. The van der Waals surface area contributed by atoms with Crippen molar-refractivity contribution in [1.82, 2.24) is 20.1 Å². The van der Waals surface area contributed by atoms with Crippen LogP contribution in [0.5, 0.6) is 11.8 Å². The molecular weight excluding hydrogens is 344 g/mol. The number of nitrogens with one attached hydrogen (secondary N) is 1. The van der Waals surface area contributed by atoms with Gasteiger partial charge in [-0.15, -0.1) is 5.10 Å². The van der Waals surface area contributed by atoms with Crippen molar-refractivity contribution in [3.8, 4) is 17.4 Å². The molecule has 2 aromatic heterocycles. The summed E-state index contributed by atoms with van der Waals surface area (Å²) in [5.41, 5.74) is 4.25. The lowest BCUT2D eigenvalue weighted by atomic mass is 10.0. The number of methoxy groups -OCH3 is 1. The second-order valence-corrected chi connectivity index (χ2v) is 7.30. The SMILES string of the molecule is COc1ncc(-n2nc(OC[C@H]3CCCNC3)c3c2CCOCC3)cc1C. The van der Waals surface area contributed by atoms with Crippen molar-refractivity contribution < 1.29 is 14.2 Å². The van der Waals surface area contributed by atoms with Gasteiger partial charge < -0.3 is 19.5 Å². The second-order valence-electron chi connectivity index (χ2n) is 7.30. The Bertz CT molecular complexity index is 784. The summed E-state index contributed by atoms with van der Waals surface area (Å²) in [5, 5.41) is 8.27. The Labute approximate surface area is 160 Å². The number of aryl methyl sites for hydroxylation is 1. The standard InChI is InChI=1S/C20H28N4O3/c1-14-10-16(12-22-19(14)25-2)24-18-6-9-26-8-5-17(18)20(23-24)27-13-15-4-3-7-21-11-15/h10,12,15,21H,3-9,11,13H2,1-2H3/t15-/m0/s1. The summed E-state index contributed by atoms with van der Waals surface area (Å²) in [7, 11) is 1.64. The zero-order valence-corrected chi connectivity index (χ0v) is 16.2. The predicted molar refractivity (Wildman–Crippen MR) is 102 cm³/mol. The van der Waals surface area contributed by atoms with Gasteiger partial charge in [0, 0.05) is 36.4 Å². The van der Waals surface area contributed by atoms with E-state index in [-0.39, 0.29) is 0 Å².